The number of hydrogen-bond acceptors (Lipinski definition) is 1. The summed E-state index contributed by atoms with van der Waals surface area (Å²) in [6.45, 7) is 2.30. The zero-order valence-electron chi connectivity index (χ0n) is 11.0. The zero-order valence-corrected chi connectivity index (χ0v) is 14.1. The molecule has 0 spiro atoms. The fourth-order valence-corrected chi connectivity index (χ4v) is 2.91. The molecular formula is C15H11Br2F3O. The third kappa shape index (κ3) is 3.61. The fraction of sp³-hybridized carbons (Fsp3) is 0.200. The Labute approximate surface area is 137 Å². The van der Waals surface area contributed by atoms with E-state index in [1.807, 2.05) is 6.92 Å². The van der Waals surface area contributed by atoms with Gasteiger partial charge in [-0.3, -0.25) is 0 Å². The summed E-state index contributed by atoms with van der Waals surface area (Å²) in [4.78, 5) is -0.527. The molecule has 0 aromatic heterocycles. The van der Waals surface area contributed by atoms with Gasteiger partial charge in [-0.2, -0.15) is 0 Å². The van der Waals surface area contributed by atoms with Crippen molar-refractivity contribution in [2.24, 2.45) is 0 Å². The molecule has 2 aromatic rings. The highest BCUT2D eigenvalue weighted by molar-refractivity contribution is 9.10. The van der Waals surface area contributed by atoms with Crippen LogP contribution in [0.5, 0.6) is 5.75 Å². The summed E-state index contributed by atoms with van der Waals surface area (Å²) in [7, 11) is 0. The minimum absolute atomic E-state index is 0.269. The Morgan fingerprint density at radius 2 is 1.71 bits per heavy atom. The first-order valence-corrected chi connectivity index (χ1v) is 7.85. The average Bonchev–Trinajstić information content (AvgIpc) is 2.45. The van der Waals surface area contributed by atoms with E-state index in [1.54, 1.807) is 18.2 Å². The second kappa shape index (κ2) is 6.83. The predicted octanol–water partition coefficient (Wildman–Crippen LogP) is 5.75. The highest BCUT2D eigenvalue weighted by Gasteiger charge is 2.20. The molecule has 0 saturated carbocycles. The van der Waals surface area contributed by atoms with Crippen LogP contribution in [-0.2, 0) is 0 Å². The zero-order chi connectivity index (χ0) is 15.6. The number of ether oxygens (including phenoxy) is 1. The SMILES string of the molecule is CCOc1ccc(Br)cc1C(Br)c1cc(F)c(F)c(F)c1. The van der Waals surface area contributed by atoms with Gasteiger partial charge in [0.2, 0.25) is 0 Å². The maximum absolute atomic E-state index is 13.4. The lowest BCUT2D eigenvalue weighted by Gasteiger charge is -2.16. The monoisotopic (exact) mass is 422 g/mol. The van der Waals surface area contributed by atoms with Gasteiger partial charge in [0.25, 0.3) is 0 Å². The van der Waals surface area contributed by atoms with Crippen molar-refractivity contribution in [3.63, 3.8) is 0 Å². The summed E-state index contributed by atoms with van der Waals surface area (Å²) in [6.07, 6.45) is 0. The summed E-state index contributed by atoms with van der Waals surface area (Å²) in [5, 5.41) is 0. The fourth-order valence-electron chi connectivity index (χ4n) is 1.91. The van der Waals surface area contributed by atoms with Crippen LogP contribution in [0, 0.1) is 17.5 Å². The van der Waals surface area contributed by atoms with E-state index < -0.39 is 22.3 Å². The van der Waals surface area contributed by atoms with Crippen LogP contribution >= 0.6 is 31.9 Å². The van der Waals surface area contributed by atoms with E-state index in [-0.39, 0.29) is 5.56 Å². The van der Waals surface area contributed by atoms with Crippen LogP contribution in [0.25, 0.3) is 0 Å². The van der Waals surface area contributed by atoms with Crippen molar-refractivity contribution >= 4 is 31.9 Å². The topological polar surface area (TPSA) is 9.23 Å². The van der Waals surface area contributed by atoms with Crippen LogP contribution in [0.3, 0.4) is 0 Å². The molecule has 0 heterocycles. The van der Waals surface area contributed by atoms with Gasteiger partial charge < -0.3 is 4.74 Å². The summed E-state index contributed by atoms with van der Waals surface area (Å²) < 4.78 is 46.1. The van der Waals surface area contributed by atoms with Crippen molar-refractivity contribution < 1.29 is 17.9 Å². The summed E-state index contributed by atoms with van der Waals surface area (Å²) in [5.41, 5.74) is 0.960. The number of benzene rings is 2. The molecule has 0 aliphatic rings. The van der Waals surface area contributed by atoms with Crippen molar-refractivity contribution in [1.29, 1.82) is 0 Å². The number of alkyl halides is 1. The predicted molar refractivity (Wildman–Crippen MR) is 82.4 cm³/mol. The van der Waals surface area contributed by atoms with E-state index >= 15 is 0 Å². The minimum atomic E-state index is -1.47. The van der Waals surface area contributed by atoms with E-state index in [2.05, 4.69) is 31.9 Å². The molecular weight excluding hydrogens is 413 g/mol. The highest BCUT2D eigenvalue weighted by atomic mass is 79.9. The Hall–Kier alpha value is -1.01. The Morgan fingerprint density at radius 3 is 2.29 bits per heavy atom. The van der Waals surface area contributed by atoms with E-state index in [0.717, 1.165) is 16.6 Å². The van der Waals surface area contributed by atoms with Crippen LogP contribution in [-0.4, -0.2) is 6.61 Å². The molecule has 6 heteroatoms. The molecule has 0 fully saturated rings. The maximum Gasteiger partial charge on any atom is 0.194 e. The van der Waals surface area contributed by atoms with Crippen molar-refractivity contribution in [2.45, 2.75) is 11.8 Å². The molecule has 2 aromatic carbocycles. The highest BCUT2D eigenvalue weighted by Crippen LogP contribution is 2.39. The summed E-state index contributed by atoms with van der Waals surface area (Å²) in [5.74, 6) is -3.32. The van der Waals surface area contributed by atoms with Gasteiger partial charge >= 0.3 is 0 Å². The Bertz CT molecular complexity index is 638. The molecule has 0 amide bonds. The van der Waals surface area contributed by atoms with E-state index in [4.69, 9.17) is 4.74 Å². The molecule has 0 N–H and O–H groups in total. The lowest BCUT2D eigenvalue weighted by atomic mass is 10.0. The van der Waals surface area contributed by atoms with Gasteiger partial charge in [0, 0.05) is 10.0 Å². The molecule has 112 valence electrons. The molecule has 0 aliphatic carbocycles. The van der Waals surface area contributed by atoms with Gasteiger partial charge in [0.05, 0.1) is 11.4 Å². The Balaban J connectivity index is 2.48. The Morgan fingerprint density at radius 1 is 1.10 bits per heavy atom. The molecule has 0 radical (unpaired) electrons. The average molecular weight is 424 g/mol. The molecule has 0 aliphatic heterocycles. The third-order valence-corrected chi connectivity index (χ3v) is 4.36. The molecule has 1 nitrogen and oxygen atoms in total. The first kappa shape index (κ1) is 16.4. The smallest absolute Gasteiger partial charge is 0.194 e. The second-order valence-electron chi connectivity index (χ2n) is 4.28. The van der Waals surface area contributed by atoms with Crippen molar-refractivity contribution in [1.82, 2.24) is 0 Å². The molecule has 1 unspecified atom stereocenters. The minimum Gasteiger partial charge on any atom is -0.494 e. The van der Waals surface area contributed by atoms with Crippen LogP contribution < -0.4 is 4.74 Å². The number of rotatable bonds is 4. The van der Waals surface area contributed by atoms with E-state index in [9.17, 15) is 13.2 Å². The largest absolute Gasteiger partial charge is 0.494 e. The second-order valence-corrected chi connectivity index (χ2v) is 6.11. The lowest BCUT2D eigenvalue weighted by molar-refractivity contribution is 0.337. The number of hydrogen-bond donors (Lipinski definition) is 0. The van der Waals surface area contributed by atoms with E-state index in [1.165, 1.54) is 0 Å². The summed E-state index contributed by atoms with van der Waals surface area (Å²) >= 11 is 6.73. The van der Waals surface area contributed by atoms with Crippen LogP contribution in [0.15, 0.2) is 34.8 Å². The Kier molecular flexibility index (Phi) is 5.32. The van der Waals surface area contributed by atoms with Crippen LogP contribution in [0.4, 0.5) is 13.2 Å². The lowest BCUT2D eigenvalue weighted by Crippen LogP contribution is -2.02. The quantitative estimate of drug-likeness (QED) is 0.449. The normalized spacial score (nSPS) is 12.3. The van der Waals surface area contributed by atoms with Gasteiger partial charge in [0.15, 0.2) is 17.5 Å². The van der Waals surface area contributed by atoms with Gasteiger partial charge in [0.1, 0.15) is 5.75 Å². The van der Waals surface area contributed by atoms with Gasteiger partial charge in [-0.05, 0) is 42.8 Å². The van der Waals surface area contributed by atoms with Crippen LogP contribution in [0.1, 0.15) is 22.9 Å². The van der Waals surface area contributed by atoms with Gasteiger partial charge in [-0.25, -0.2) is 13.2 Å². The van der Waals surface area contributed by atoms with Crippen molar-refractivity contribution in [3.05, 3.63) is 63.4 Å². The van der Waals surface area contributed by atoms with Crippen molar-refractivity contribution in [3.8, 4) is 5.75 Å². The van der Waals surface area contributed by atoms with E-state index in [0.29, 0.717) is 17.9 Å². The summed E-state index contributed by atoms with van der Waals surface area (Å²) in [6, 6.07) is 7.28. The first-order chi connectivity index (χ1) is 9.93. The molecule has 0 bridgehead atoms. The molecule has 21 heavy (non-hydrogen) atoms. The third-order valence-electron chi connectivity index (χ3n) is 2.84. The van der Waals surface area contributed by atoms with Gasteiger partial charge in [-0.15, -0.1) is 0 Å². The first-order valence-electron chi connectivity index (χ1n) is 6.14. The molecule has 1 atom stereocenters. The maximum atomic E-state index is 13.4. The van der Waals surface area contributed by atoms with Crippen LogP contribution in [0.2, 0.25) is 0 Å². The van der Waals surface area contributed by atoms with Gasteiger partial charge in [-0.1, -0.05) is 31.9 Å². The molecule has 0 saturated heterocycles. The standard InChI is InChI=1S/C15H11Br2F3O/c1-2-21-13-4-3-9(16)7-10(13)14(17)8-5-11(18)15(20)12(19)6-8/h3-7,14H,2H2,1H3. The molecule has 2 rings (SSSR count). The number of halogens is 5. The van der Waals surface area contributed by atoms with Crippen molar-refractivity contribution in [2.75, 3.05) is 6.61 Å².